The Balaban J connectivity index is 2.91. The fraction of sp³-hybridized carbons (Fsp3) is 0.500. The van der Waals surface area contributed by atoms with Crippen molar-refractivity contribution in [2.24, 2.45) is 5.92 Å². The van der Waals surface area contributed by atoms with E-state index in [0.717, 1.165) is 15.5 Å². The van der Waals surface area contributed by atoms with E-state index in [1.165, 1.54) is 11.1 Å². The minimum atomic E-state index is 0.147. The van der Waals surface area contributed by atoms with Crippen molar-refractivity contribution in [3.8, 4) is 0 Å². The maximum Gasteiger partial charge on any atom is 0.0323 e. The minimum absolute atomic E-state index is 0.147. The van der Waals surface area contributed by atoms with Gasteiger partial charge >= 0.3 is 0 Å². The monoisotopic (exact) mass is 387 g/mol. The van der Waals surface area contributed by atoms with Gasteiger partial charge in [-0.2, -0.15) is 0 Å². The Hall–Kier alpha value is -0.120. The molecule has 0 amide bonds. The number of benzene rings is 1. The molecule has 0 saturated carbocycles. The molecular formula is C16H23Br2N. The van der Waals surface area contributed by atoms with Gasteiger partial charge in [-0.15, -0.1) is 0 Å². The summed E-state index contributed by atoms with van der Waals surface area (Å²) in [5, 5.41) is 3.56. The van der Waals surface area contributed by atoms with Gasteiger partial charge in [0, 0.05) is 21.0 Å². The first kappa shape index (κ1) is 16.9. The predicted octanol–water partition coefficient (Wildman–Crippen LogP) is 5.64. The largest absolute Gasteiger partial charge is 0.308 e. The normalized spacial score (nSPS) is 13.2. The van der Waals surface area contributed by atoms with E-state index in [0.29, 0.717) is 5.92 Å². The lowest BCUT2D eigenvalue weighted by Crippen LogP contribution is -2.37. The number of nitrogens with one attached hydrogen (secondary N) is 1. The summed E-state index contributed by atoms with van der Waals surface area (Å²) >= 11 is 7.05. The Labute approximate surface area is 134 Å². The summed E-state index contributed by atoms with van der Waals surface area (Å²) in [5.41, 5.74) is 2.80. The average molecular weight is 389 g/mol. The molecule has 1 aromatic carbocycles. The van der Waals surface area contributed by atoms with Crippen molar-refractivity contribution >= 4 is 37.9 Å². The molecule has 0 fully saturated rings. The van der Waals surface area contributed by atoms with Gasteiger partial charge in [-0.3, -0.25) is 0 Å². The standard InChI is InChI=1S/C16H23Br2N/c1-11(2)13(10-19-16(3,4)5)8-12-6-7-14(17)15(18)9-12/h6-9,11,19H,10H2,1-5H3/b13-8+. The van der Waals surface area contributed by atoms with E-state index in [-0.39, 0.29) is 5.54 Å². The lowest BCUT2D eigenvalue weighted by molar-refractivity contribution is 0.437. The van der Waals surface area contributed by atoms with E-state index in [1.807, 2.05) is 0 Å². The van der Waals surface area contributed by atoms with Crippen LogP contribution in [-0.2, 0) is 0 Å². The summed E-state index contributed by atoms with van der Waals surface area (Å²) in [4.78, 5) is 0. The molecular weight excluding hydrogens is 366 g/mol. The van der Waals surface area contributed by atoms with Crippen LogP contribution in [0.3, 0.4) is 0 Å². The first-order chi connectivity index (χ1) is 8.69. The quantitative estimate of drug-likeness (QED) is 0.703. The van der Waals surface area contributed by atoms with E-state index in [4.69, 9.17) is 0 Å². The van der Waals surface area contributed by atoms with Crippen LogP contribution in [0.25, 0.3) is 6.08 Å². The molecule has 0 heterocycles. The molecule has 19 heavy (non-hydrogen) atoms. The third-order valence-corrected chi connectivity index (χ3v) is 4.74. The maximum absolute atomic E-state index is 3.56. The number of halogens is 2. The molecule has 1 rings (SSSR count). The van der Waals surface area contributed by atoms with Crippen molar-refractivity contribution < 1.29 is 0 Å². The molecule has 1 nitrogen and oxygen atoms in total. The molecule has 0 bridgehead atoms. The second-order valence-electron chi connectivity index (χ2n) is 6.15. The highest BCUT2D eigenvalue weighted by molar-refractivity contribution is 9.13. The van der Waals surface area contributed by atoms with Crippen molar-refractivity contribution in [2.45, 2.75) is 40.2 Å². The zero-order valence-electron chi connectivity index (χ0n) is 12.3. The summed E-state index contributed by atoms with van der Waals surface area (Å²) in [7, 11) is 0. The summed E-state index contributed by atoms with van der Waals surface area (Å²) in [6, 6.07) is 6.35. The Bertz CT molecular complexity index is 456. The zero-order chi connectivity index (χ0) is 14.6. The van der Waals surface area contributed by atoms with Crippen LogP contribution < -0.4 is 5.32 Å². The van der Waals surface area contributed by atoms with Crippen LogP contribution in [0, 0.1) is 5.92 Å². The van der Waals surface area contributed by atoms with Crippen LogP contribution >= 0.6 is 31.9 Å². The third-order valence-electron chi connectivity index (χ3n) is 2.86. The summed E-state index contributed by atoms with van der Waals surface area (Å²) in [6.45, 7) is 12.0. The maximum atomic E-state index is 3.56. The highest BCUT2D eigenvalue weighted by Gasteiger charge is 2.11. The lowest BCUT2D eigenvalue weighted by Gasteiger charge is -2.23. The molecule has 0 aliphatic heterocycles. The molecule has 1 aromatic rings. The fourth-order valence-corrected chi connectivity index (χ4v) is 2.25. The molecule has 0 aromatic heterocycles. The van der Waals surface area contributed by atoms with Crippen molar-refractivity contribution in [2.75, 3.05) is 6.54 Å². The molecule has 0 saturated heterocycles. The second-order valence-corrected chi connectivity index (χ2v) is 7.86. The van der Waals surface area contributed by atoms with Crippen LogP contribution in [0.5, 0.6) is 0 Å². The van der Waals surface area contributed by atoms with Gasteiger partial charge in [-0.1, -0.05) is 31.6 Å². The van der Waals surface area contributed by atoms with Gasteiger partial charge in [-0.05, 0) is 76.2 Å². The number of rotatable bonds is 4. The molecule has 0 atom stereocenters. The minimum Gasteiger partial charge on any atom is -0.308 e. The van der Waals surface area contributed by atoms with Gasteiger partial charge in [0.2, 0.25) is 0 Å². The van der Waals surface area contributed by atoms with E-state index in [1.54, 1.807) is 0 Å². The highest BCUT2D eigenvalue weighted by atomic mass is 79.9. The first-order valence-electron chi connectivity index (χ1n) is 6.59. The fourth-order valence-electron chi connectivity index (χ4n) is 1.61. The van der Waals surface area contributed by atoms with Crippen LogP contribution in [0.2, 0.25) is 0 Å². The molecule has 106 valence electrons. The van der Waals surface area contributed by atoms with Gasteiger partial charge in [0.05, 0.1) is 0 Å². The van der Waals surface area contributed by atoms with E-state index >= 15 is 0 Å². The first-order valence-corrected chi connectivity index (χ1v) is 8.18. The molecule has 0 unspecified atom stereocenters. The van der Waals surface area contributed by atoms with Crippen LogP contribution in [-0.4, -0.2) is 12.1 Å². The average Bonchev–Trinajstić information content (AvgIpc) is 2.27. The molecule has 0 radical (unpaired) electrons. The van der Waals surface area contributed by atoms with Gasteiger partial charge in [0.25, 0.3) is 0 Å². The molecule has 0 aliphatic carbocycles. The van der Waals surface area contributed by atoms with Gasteiger partial charge in [0.15, 0.2) is 0 Å². The van der Waals surface area contributed by atoms with Crippen molar-refractivity contribution in [1.82, 2.24) is 5.32 Å². The summed E-state index contributed by atoms with van der Waals surface area (Å²) < 4.78 is 2.18. The summed E-state index contributed by atoms with van der Waals surface area (Å²) in [5.74, 6) is 0.539. The number of hydrogen-bond donors (Lipinski definition) is 1. The predicted molar refractivity (Wildman–Crippen MR) is 92.4 cm³/mol. The van der Waals surface area contributed by atoms with E-state index < -0.39 is 0 Å². The molecule has 0 aliphatic rings. The lowest BCUT2D eigenvalue weighted by atomic mass is 9.99. The smallest absolute Gasteiger partial charge is 0.0323 e. The van der Waals surface area contributed by atoms with Gasteiger partial charge < -0.3 is 5.32 Å². The van der Waals surface area contributed by atoms with Crippen molar-refractivity contribution in [3.05, 3.63) is 38.3 Å². The van der Waals surface area contributed by atoms with Crippen LogP contribution in [0.15, 0.2) is 32.7 Å². The Kier molecular flexibility index (Phi) is 6.28. The van der Waals surface area contributed by atoms with Crippen molar-refractivity contribution in [1.29, 1.82) is 0 Å². The Morgan fingerprint density at radius 1 is 1.21 bits per heavy atom. The zero-order valence-corrected chi connectivity index (χ0v) is 15.5. The topological polar surface area (TPSA) is 12.0 Å². The van der Waals surface area contributed by atoms with Crippen molar-refractivity contribution in [3.63, 3.8) is 0 Å². The van der Waals surface area contributed by atoms with Crippen LogP contribution in [0.4, 0.5) is 0 Å². The van der Waals surface area contributed by atoms with E-state index in [2.05, 4.69) is 96.1 Å². The van der Waals surface area contributed by atoms with Crippen LogP contribution in [0.1, 0.15) is 40.2 Å². The molecule has 0 spiro atoms. The number of hydrogen-bond acceptors (Lipinski definition) is 1. The Morgan fingerprint density at radius 2 is 1.84 bits per heavy atom. The molecule has 1 N–H and O–H groups in total. The highest BCUT2D eigenvalue weighted by Crippen LogP contribution is 2.25. The van der Waals surface area contributed by atoms with Gasteiger partial charge in [0.1, 0.15) is 0 Å². The summed E-state index contributed by atoms with van der Waals surface area (Å²) in [6.07, 6.45) is 2.28. The third kappa shape index (κ3) is 6.24. The second kappa shape index (κ2) is 7.05. The van der Waals surface area contributed by atoms with E-state index in [9.17, 15) is 0 Å². The molecule has 3 heteroatoms. The Morgan fingerprint density at radius 3 is 2.32 bits per heavy atom. The van der Waals surface area contributed by atoms with Gasteiger partial charge in [-0.25, -0.2) is 0 Å². The SMILES string of the molecule is CC(C)/C(=C/c1ccc(Br)c(Br)c1)CNC(C)(C)C.